The molecule has 156 valence electrons. The van der Waals surface area contributed by atoms with Crippen LogP contribution in [0.1, 0.15) is 28.6 Å². The normalized spacial score (nSPS) is 11.4. The van der Waals surface area contributed by atoms with Crippen LogP contribution in [0.5, 0.6) is 0 Å². The van der Waals surface area contributed by atoms with E-state index >= 15 is 0 Å². The Bertz CT molecular complexity index is 1320. The highest BCUT2D eigenvalue weighted by atomic mass is 32.1. The van der Waals surface area contributed by atoms with Crippen LogP contribution in [-0.2, 0) is 24.2 Å². The second kappa shape index (κ2) is 8.35. The highest BCUT2D eigenvalue weighted by Crippen LogP contribution is 2.26. The van der Waals surface area contributed by atoms with E-state index in [1.807, 2.05) is 43.6 Å². The molecule has 1 amide bonds. The van der Waals surface area contributed by atoms with Gasteiger partial charge >= 0.3 is 0 Å². The van der Waals surface area contributed by atoms with Crippen molar-refractivity contribution in [3.63, 3.8) is 0 Å². The number of carbonyl (C=O) groups excluding carboxylic acids is 1. The summed E-state index contributed by atoms with van der Waals surface area (Å²) in [5.41, 5.74) is 2.20. The molecule has 0 unspecified atom stereocenters. The Hall–Kier alpha value is -3.45. The molecule has 5 aromatic rings. The smallest absolute Gasteiger partial charge is 0.223 e. The Labute approximate surface area is 183 Å². The fourth-order valence-electron chi connectivity index (χ4n) is 3.74. The molecule has 0 radical (unpaired) electrons. The van der Waals surface area contributed by atoms with Crippen molar-refractivity contribution in [1.29, 1.82) is 0 Å². The standard InChI is InChI=1S/C24H22N4O2S/c1-28(15-18-12-16-6-2-5-9-21(16)31-18)24(29)11-10-22-26-27-23(30-22)13-17-14-25-20-8-4-3-7-19(17)20/h2-9,12,14,25H,10-11,13,15H2,1H3. The summed E-state index contributed by atoms with van der Waals surface area (Å²) < 4.78 is 7.03. The first kappa shape index (κ1) is 19.5. The molecule has 0 fully saturated rings. The van der Waals surface area contributed by atoms with Crippen molar-refractivity contribution < 1.29 is 9.21 Å². The summed E-state index contributed by atoms with van der Waals surface area (Å²) in [5.74, 6) is 1.12. The van der Waals surface area contributed by atoms with E-state index in [-0.39, 0.29) is 5.91 Å². The number of nitrogens with one attached hydrogen (secondary N) is 1. The van der Waals surface area contributed by atoms with E-state index in [0.717, 1.165) is 16.5 Å². The molecule has 6 nitrogen and oxygen atoms in total. The molecular weight excluding hydrogens is 408 g/mol. The average molecular weight is 431 g/mol. The van der Waals surface area contributed by atoms with Gasteiger partial charge in [0.1, 0.15) is 0 Å². The van der Waals surface area contributed by atoms with Crippen LogP contribution < -0.4 is 0 Å². The summed E-state index contributed by atoms with van der Waals surface area (Å²) in [6.45, 7) is 0.605. The second-order valence-corrected chi connectivity index (χ2v) is 8.79. The molecule has 2 aromatic carbocycles. The lowest BCUT2D eigenvalue weighted by Crippen LogP contribution is -2.26. The fourth-order valence-corrected chi connectivity index (χ4v) is 4.86. The number of thiophene rings is 1. The molecular formula is C24H22N4O2S. The Morgan fingerprint density at radius 3 is 2.81 bits per heavy atom. The molecule has 0 bridgehead atoms. The van der Waals surface area contributed by atoms with Gasteiger partial charge in [0.05, 0.1) is 13.0 Å². The summed E-state index contributed by atoms with van der Waals surface area (Å²) in [5, 5.41) is 10.7. The van der Waals surface area contributed by atoms with Crippen LogP contribution in [0.4, 0.5) is 0 Å². The predicted octanol–water partition coefficient (Wildman–Crippen LogP) is 4.95. The van der Waals surface area contributed by atoms with Gasteiger partial charge in [0.25, 0.3) is 0 Å². The SMILES string of the molecule is CN(Cc1cc2ccccc2s1)C(=O)CCc1nnc(Cc2c[nH]c3ccccc23)o1. The molecule has 0 atom stereocenters. The number of nitrogens with zero attached hydrogens (tertiary/aromatic N) is 3. The third-order valence-corrected chi connectivity index (χ3v) is 6.47. The highest BCUT2D eigenvalue weighted by molar-refractivity contribution is 7.19. The first-order chi connectivity index (χ1) is 15.2. The number of hydrogen-bond acceptors (Lipinski definition) is 5. The van der Waals surface area contributed by atoms with E-state index in [0.29, 0.717) is 37.6 Å². The number of rotatable bonds is 7. The highest BCUT2D eigenvalue weighted by Gasteiger charge is 2.15. The van der Waals surface area contributed by atoms with Crippen molar-refractivity contribution in [1.82, 2.24) is 20.1 Å². The maximum absolute atomic E-state index is 12.6. The summed E-state index contributed by atoms with van der Waals surface area (Å²) in [7, 11) is 1.84. The van der Waals surface area contributed by atoms with Gasteiger partial charge in [-0.1, -0.05) is 36.4 Å². The number of hydrogen-bond donors (Lipinski definition) is 1. The van der Waals surface area contributed by atoms with Crippen LogP contribution in [0.25, 0.3) is 21.0 Å². The fraction of sp³-hybridized carbons (Fsp3) is 0.208. The zero-order valence-electron chi connectivity index (χ0n) is 17.2. The zero-order chi connectivity index (χ0) is 21.2. The van der Waals surface area contributed by atoms with E-state index in [1.54, 1.807) is 16.2 Å². The molecule has 5 rings (SSSR count). The molecule has 0 saturated heterocycles. The van der Waals surface area contributed by atoms with Gasteiger partial charge in [-0.15, -0.1) is 21.5 Å². The van der Waals surface area contributed by atoms with Gasteiger partial charge < -0.3 is 14.3 Å². The number of para-hydroxylation sites is 1. The lowest BCUT2D eigenvalue weighted by atomic mass is 10.1. The minimum atomic E-state index is 0.0637. The monoisotopic (exact) mass is 430 g/mol. The summed E-state index contributed by atoms with van der Waals surface area (Å²) >= 11 is 1.73. The first-order valence-corrected chi connectivity index (χ1v) is 11.0. The molecule has 0 aliphatic rings. The Morgan fingerprint density at radius 2 is 1.90 bits per heavy atom. The van der Waals surface area contributed by atoms with E-state index in [2.05, 4.69) is 39.4 Å². The number of aromatic amines is 1. The van der Waals surface area contributed by atoms with E-state index < -0.39 is 0 Å². The number of fused-ring (bicyclic) bond motifs is 2. The quantitative estimate of drug-likeness (QED) is 0.396. The Balaban J connectivity index is 1.17. The van der Waals surface area contributed by atoms with Crippen molar-refractivity contribution in [2.24, 2.45) is 0 Å². The van der Waals surface area contributed by atoms with Crippen LogP contribution in [-0.4, -0.2) is 33.0 Å². The summed E-state index contributed by atoms with van der Waals surface area (Å²) in [6.07, 6.45) is 3.32. The Morgan fingerprint density at radius 1 is 1.10 bits per heavy atom. The lowest BCUT2D eigenvalue weighted by Gasteiger charge is -2.15. The molecule has 31 heavy (non-hydrogen) atoms. The van der Waals surface area contributed by atoms with E-state index in [4.69, 9.17) is 4.42 Å². The van der Waals surface area contributed by atoms with Crippen molar-refractivity contribution >= 4 is 38.2 Å². The molecule has 3 heterocycles. The maximum Gasteiger partial charge on any atom is 0.223 e. The number of amides is 1. The van der Waals surface area contributed by atoms with E-state index in [1.165, 1.54) is 15.0 Å². The zero-order valence-corrected chi connectivity index (χ0v) is 18.0. The average Bonchev–Trinajstić information content (AvgIpc) is 3.50. The number of aryl methyl sites for hydroxylation is 1. The lowest BCUT2D eigenvalue weighted by molar-refractivity contribution is -0.130. The number of benzene rings is 2. The number of aromatic nitrogens is 3. The van der Waals surface area contributed by atoms with Crippen LogP contribution in [0.15, 0.2) is 65.2 Å². The van der Waals surface area contributed by atoms with Crippen molar-refractivity contribution in [2.45, 2.75) is 25.8 Å². The second-order valence-electron chi connectivity index (χ2n) is 7.63. The van der Waals surface area contributed by atoms with Gasteiger partial charge in [-0.2, -0.15) is 0 Å². The van der Waals surface area contributed by atoms with Gasteiger partial charge in [0, 0.05) is 46.6 Å². The molecule has 1 N–H and O–H groups in total. The van der Waals surface area contributed by atoms with Gasteiger partial charge in [0.2, 0.25) is 17.7 Å². The van der Waals surface area contributed by atoms with Gasteiger partial charge in [-0.25, -0.2) is 0 Å². The third kappa shape index (κ3) is 4.22. The van der Waals surface area contributed by atoms with Gasteiger partial charge in [0.15, 0.2) is 0 Å². The van der Waals surface area contributed by atoms with Gasteiger partial charge in [-0.3, -0.25) is 4.79 Å². The van der Waals surface area contributed by atoms with Crippen LogP contribution in [0.3, 0.4) is 0 Å². The molecule has 0 aliphatic carbocycles. The van der Waals surface area contributed by atoms with Crippen molar-refractivity contribution in [2.75, 3.05) is 7.05 Å². The first-order valence-electron chi connectivity index (χ1n) is 10.2. The maximum atomic E-state index is 12.6. The van der Waals surface area contributed by atoms with Gasteiger partial charge in [-0.05, 0) is 29.1 Å². The van der Waals surface area contributed by atoms with Crippen LogP contribution in [0, 0.1) is 0 Å². The molecule has 0 aliphatic heterocycles. The van der Waals surface area contributed by atoms with Crippen LogP contribution in [0.2, 0.25) is 0 Å². The van der Waals surface area contributed by atoms with Crippen molar-refractivity contribution in [3.05, 3.63) is 83.0 Å². The van der Waals surface area contributed by atoms with Crippen LogP contribution >= 0.6 is 11.3 Å². The summed E-state index contributed by atoms with van der Waals surface area (Å²) in [6, 6.07) is 18.6. The summed E-state index contributed by atoms with van der Waals surface area (Å²) in [4.78, 5) is 18.8. The molecule has 0 saturated carbocycles. The molecule has 3 aromatic heterocycles. The predicted molar refractivity (Wildman–Crippen MR) is 122 cm³/mol. The minimum Gasteiger partial charge on any atom is -0.425 e. The molecule has 7 heteroatoms. The Kier molecular flexibility index (Phi) is 5.26. The minimum absolute atomic E-state index is 0.0637. The number of carbonyl (C=O) groups is 1. The van der Waals surface area contributed by atoms with Crippen molar-refractivity contribution in [3.8, 4) is 0 Å². The topological polar surface area (TPSA) is 75.0 Å². The van der Waals surface area contributed by atoms with E-state index in [9.17, 15) is 4.79 Å². The number of H-pyrrole nitrogens is 1. The third-order valence-electron chi connectivity index (χ3n) is 5.37. The molecule has 0 spiro atoms. The largest absolute Gasteiger partial charge is 0.425 e.